The van der Waals surface area contributed by atoms with E-state index in [1.54, 1.807) is 0 Å². The van der Waals surface area contributed by atoms with Gasteiger partial charge in [0.05, 0.1) is 0 Å². The molecule has 0 aliphatic rings. The minimum absolute atomic E-state index is 0.329. The van der Waals surface area contributed by atoms with Crippen molar-refractivity contribution in [2.45, 2.75) is 72.0 Å². The topological polar surface area (TPSA) is 18.5 Å². The van der Waals surface area contributed by atoms with Crippen LogP contribution in [0.2, 0.25) is 0 Å². The van der Waals surface area contributed by atoms with Crippen molar-refractivity contribution in [2.24, 2.45) is 0 Å². The minimum atomic E-state index is -0.329. The van der Waals surface area contributed by atoms with Crippen molar-refractivity contribution < 1.29 is 9.47 Å². The molecule has 0 aliphatic heterocycles. The number of hydrogen-bond acceptors (Lipinski definition) is 2. The Balaban J connectivity index is 3.49. The summed E-state index contributed by atoms with van der Waals surface area (Å²) in [5.41, 5.74) is 0. The lowest BCUT2D eigenvalue weighted by molar-refractivity contribution is -0.0970. The Morgan fingerprint density at radius 2 is 1.41 bits per heavy atom. The summed E-state index contributed by atoms with van der Waals surface area (Å²) in [6, 6.07) is 0. The summed E-state index contributed by atoms with van der Waals surface area (Å²) in [5, 5.41) is 0. The number of rotatable bonds is 10. The lowest BCUT2D eigenvalue weighted by atomic mass is 10.1. The average molecular weight is 240 g/mol. The molecular formula is C15H28O2. The van der Waals surface area contributed by atoms with E-state index >= 15 is 0 Å². The maximum atomic E-state index is 5.35. The van der Waals surface area contributed by atoms with Crippen LogP contribution >= 0.6 is 0 Å². The largest absolute Gasteiger partial charge is 0.342 e. The Kier molecular flexibility index (Phi) is 13.1. The minimum Gasteiger partial charge on any atom is -0.342 e. The molecule has 0 radical (unpaired) electrons. The van der Waals surface area contributed by atoms with E-state index in [0.29, 0.717) is 13.2 Å². The van der Waals surface area contributed by atoms with Crippen molar-refractivity contribution in [3.8, 4) is 11.8 Å². The summed E-state index contributed by atoms with van der Waals surface area (Å²) in [4.78, 5) is 0. The molecule has 0 aromatic heterocycles. The molecule has 0 fully saturated rings. The zero-order valence-electron chi connectivity index (χ0n) is 11.8. The van der Waals surface area contributed by atoms with E-state index in [-0.39, 0.29) is 6.29 Å². The van der Waals surface area contributed by atoms with Crippen LogP contribution in [-0.2, 0) is 9.47 Å². The molecule has 17 heavy (non-hydrogen) atoms. The van der Waals surface area contributed by atoms with Gasteiger partial charge in [0.15, 0.2) is 0 Å². The van der Waals surface area contributed by atoms with E-state index in [0.717, 1.165) is 6.42 Å². The lowest BCUT2D eigenvalue weighted by Crippen LogP contribution is -2.14. The van der Waals surface area contributed by atoms with Gasteiger partial charge in [0.2, 0.25) is 6.29 Å². The Morgan fingerprint density at radius 3 is 2.00 bits per heavy atom. The number of ether oxygens (including phenoxy) is 2. The first-order valence-corrected chi connectivity index (χ1v) is 7.06. The highest BCUT2D eigenvalue weighted by molar-refractivity contribution is 5.02. The molecule has 100 valence electrons. The van der Waals surface area contributed by atoms with Crippen molar-refractivity contribution in [1.82, 2.24) is 0 Å². The summed E-state index contributed by atoms with van der Waals surface area (Å²) in [6.07, 6.45) is 8.50. The monoisotopic (exact) mass is 240 g/mol. The van der Waals surface area contributed by atoms with E-state index in [1.807, 2.05) is 13.8 Å². The van der Waals surface area contributed by atoms with Gasteiger partial charge in [0.25, 0.3) is 0 Å². The maximum absolute atomic E-state index is 5.35. The predicted octanol–water partition coefficient (Wildman–Crippen LogP) is 4.14. The van der Waals surface area contributed by atoms with E-state index in [9.17, 15) is 0 Å². The average Bonchev–Trinajstić information content (AvgIpc) is 2.33. The van der Waals surface area contributed by atoms with Gasteiger partial charge in [0, 0.05) is 19.6 Å². The van der Waals surface area contributed by atoms with Crippen molar-refractivity contribution >= 4 is 0 Å². The third-order valence-electron chi connectivity index (χ3n) is 2.51. The molecule has 0 rings (SSSR count). The Morgan fingerprint density at radius 1 is 0.824 bits per heavy atom. The first-order chi connectivity index (χ1) is 8.35. The highest BCUT2D eigenvalue weighted by Crippen LogP contribution is 2.06. The molecule has 0 atom stereocenters. The third-order valence-corrected chi connectivity index (χ3v) is 2.51. The summed E-state index contributed by atoms with van der Waals surface area (Å²) >= 11 is 0. The molecule has 0 aliphatic carbocycles. The first kappa shape index (κ1) is 16.5. The fourth-order valence-electron chi connectivity index (χ4n) is 1.58. The van der Waals surface area contributed by atoms with E-state index < -0.39 is 0 Å². The van der Waals surface area contributed by atoms with Crippen LogP contribution in [0, 0.1) is 11.8 Å². The number of unbranched alkanes of at least 4 members (excludes halogenated alkanes) is 6. The maximum Gasteiger partial charge on any atom is 0.222 e. The molecule has 0 bridgehead atoms. The molecular weight excluding hydrogens is 212 g/mol. The second kappa shape index (κ2) is 13.5. The third kappa shape index (κ3) is 11.7. The molecule has 0 amide bonds. The fourth-order valence-corrected chi connectivity index (χ4v) is 1.58. The van der Waals surface area contributed by atoms with Gasteiger partial charge in [-0.25, -0.2) is 0 Å². The van der Waals surface area contributed by atoms with Crippen molar-refractivity contribution in [1.29, 1.82) is 0 Å². The molecule has 0 saturated heterocycles. The normalized spacial score (nSPS) is 10.4. The van der Waals surface area contributed by atoms with E-state index in [1.165, 1.54) is 38.5 Å². The predicted molar refractivity (Wildman–Crippen MR) is 72.8 cm³/mol. The molecule has 0 aromatic carbocycles. The molecule has 0 saturated carbocycles. The number of hydrogen-bond donors (Lipinski definition) is 0. The second-order valence-corrected chi connectivity index (χ2v) is 4.08. The summed E-state index contributed by atoms with van der Waals surface area (Å²) < 4.78 is 10.7. The Hall–Kier alpha value is -0.520. The van der Waals surface area contributed by atoms with Gasteiger partial charge in [0.1, 0.15) is 0 Å². The molecule has 2 heteroatoms. The van der Waals surface area contributed by atoms with Gasteiger partial charge in [-0.2, -0.15) is 0 Å². The Labute approximate surface area is 107 Å². The van der Waals surface area contributed by atoms with E-state index in [2.05, 4.69) is 18.8 Å². The Bertz CT molecular complexity index is 197. The SMILES string of the molecule is CCCCCCCCC#CC(OCC)OCC. The summed E-state index contributed by atoms with van der Waals surface area (Å²) in [7, 11) is 0. The second-order valence-electron chi connectivity index (χ2n) is 4.08. The van der Waals surface area contributed by atoms with Crippen molar-refractivity contribution in [2.75, 3.05) is 13.2 Å². The van der Waals surface area contributed by atoms with Crippen LogP contribution in [0.5, 0.6) is 0 Å². The van der Waals surface area contributed by atoms with Crippen LogP contribution in [0.1, 0.15) is 65.7 Å². The molecule has 0 heterocycles. The standard InChI is InChI=1S/C15H28O2/c1-4-7-8-9-10-11-12-13-14-15(16-5-2)17-6-3/h15H,4-12H2,1-3H3. The molecule has 0 unspecified atom stereocenters. The summed E-state index contributed by atoms with van der Waals surface area (Å²) in [6.45, 7) is 7.46. The van der Waals surface area contributed by atoms with E-state index in [4.69, 9.17) is 9.47 Å². The molecule has 2 nitrogen and oxygen atoms in total. The van der Waals surface area contributed by atoms with Crippen LogP contribution in [0.4, 0.5) is 0 Å². The molecule has 0 N–H and O–H groups in total. The highest BCUT2D eigenvalue weighted by Gasteiger charge is 2.00. The van der Waals surface area contributed by atoms with Gasteiger partial charge >= 0.3 is 0 Å². The van der Waals surface area contributed by atoms with Crippen LogP contribution < -0.4 is 0 Å². The van der Waals surface area contributed by atoms with Gasteiger partial charge in [-0.15, -0.1) is 0 Å². The van der Waals surface area contributed by atoms with Crippen molar-refractivity contribution in [3.63, 3.8) is 0 Å². The van der Waals surface area contributed by atoms with Crippen molar-refractivity contribution in [3.05, 3.63) is 0 Å². The van der Waals surface area contributed by atoms with Gasteiger partial charge in [-0.05, 0) is 26.2 Å². The van der Waals surface area contributed by atoms with Gasteiger partial charge in [-0.3, -0.25) is 0 Å². The van der Waals surface area contributed by atoms with Crippen LogP contribution in [0.25, 0.3) is 0 Å². The smallest absolute Gasteiger partial charge is 0.222 e. The molecule has 0 aromatic rings. The van der Waals surface area contributed by atoms with Crippen LogP contribution in [0.15, 0.2) is 0 Å². The fraction of sp³-hybridized carbons (Fsp3) is 0.867. The highest BCUT2D eigenvalue weighted by atomic mass is 16.7. The van der Waals surface area contributed by atoms with Gasteiger partial charge < -0.3 is 9.47 Å². The van der Waals surface area contributed by atoms with Gasteiger partial charge in [-0.1, -0.05) is 44.9 Å². The summed E-state index contributed by atoms with van der Waals surface area (Å²) in [5.74, 6) is 6.18. The van der Waals surface area contributed by atoms with Crippen LogP contribution in [0.3, 0.4) is 0 Å². The molecule has 0 spiro atoms. The zero-order chi connectivity index (χ0) is 12.8. The zero-order valence-corrected chi connectivity index (χ0v) is 11.8. The lowest BCUT2D eigenvalue weighted by Gasteiger charge is -2.09. The van der Waals surface area contributed by atoms with Crippen LogP contribution in [-0.4, -0.2) is 19.5 Å². The quantitative estimate of drug-likeness (QED) is 0.324. The first-order valence-electron chi connectivity index (χ1n) is 7.06.